The topological polar surface area (TPSA) is 187 Å². The van der Waals surface area contributed by atoms with Gasteiger partial charge in [0.25, 0.3) is 16.7 Å². The van der Waals surface area contributed by atoms with Crippen molar-refractivity contribution in [3.8, 4) is 96.2 Å². The summed E-state index contributed by atoms with van der Waals surface area (Å²) in [6.45, 7) is 1.32. The van der Waals surface area contributed by atoms with Crippen molar-refractivity contribution in [1.29, 1.82) is 0 Å². The second-order valence-electron chi connectivity index (χ2n) is 19.7. The van der Waals surface area contributed by atoms with Crippen LogP contribution in [0.4, 0.5) is 4.39 Å². The summed E-state index contributed by atoms with van der Waals surface area (Å²) < 4.78 is 42.8. The Kier molecular flexibility index (Phi) is 17.2. The van der Waals surface area contributed by atoms with Gasteiger partial charge in [0, 0.05) is 81.8 Å². The molecule has 16 rings (SSSR count). The second kappa shape index (κ2) is 26.1. The predicted molar refractivity (Wildman–Crippen MR) is 346 cm³/mol. The van der Waals surface area contributed by atoms with Crippen molar-refractivity contribution in [1.82, 2.24) is 38.6 Å². The monoisotopic (exact) mass is 1340 g/mol. The minimum Gasteiger partial charge on any atom is -0.485 e. The fourth-order valence-corrected chi connectivity index (χ4v) is 11.0. The minimum absolute atomic E-state index is 0.0667. The van der Waals surface area contributed by atoms with E-state index in [2.05, 4.69) is 63.4 Å². The predicted octanol–water partition coefficient (Wildman–Crippen LogP) is 13.3. The van der Waals surface area contributed by atoms with Crippen LogP contribution >= 0.6 is 38.5 Å². The molecule has 0 bridgehead atoms. The number of rotatable bonds is 4. The molecule has 0 saturated carbocycles. The molecule has 12 aromatic rings. The molecule has 0 unspecified atom stereocenters. The molecule has 0 amide bonds. The van der Waals surface area contributed by atoms with E-state index < -0.39 is 5.82 Å². The van der Waals surface area contributed by atoms with Crippen molar-refractivity contribution in [2.45, 2.75) is 26.4 Å². The second-order valence-corrected chi connectivity index (χ2v) is 20.5. The number of hydrogen-bond donors (Lipinski definition) is 1. The highest BCUT2D eigenvalue weighted by molar-refractivity contribution is 14.1. The first-order valence-corrected chi connectivity index (χ1v) is 30.5. The molecule has 0 spiro atoms. The van der Waals surface area contributed by atoms with E-state index in [1.54, 1.807) is 81.0 Å². The molecule has 0 fully saturated rings. The first-order chi connectivity index (χ1) is 43.2. The molecule has 19 heteroatoms. The van der Waals surface area contributed by atoms with E-state index in [9.17, 15) is 23.6 Å². The van der Waals surface area contributed by atoms with E-state index >= 15 is 0 Å². The van der Waals surface area contributed by atoms with Crippen LogP contribution in [0.2, 0.25) is 0 Å². The normalized spacial score (nSPS) is 12.0. The molecule has 434 valence electrons. The fourth-order valence-electron chi connectivity index (χ4n) is 10.6. The van der Waals surface area contributed by atoms with E-state index in [0.717, 1.165) is 85.0 Å². The molecule has 4 aromatic carbocycles. The van der Waals surface area contributed by atoms with Crippen LogP contribution in [0.1, 0.15) is 22.8 Å². The number of hydrogen-bond acceptors (Lipinski definition) is 12. The summed E-state index contributed by atoms with van der Waals surface area (Å²) in [7, 11) is 0. The number of alkyl halides is 1. The Labute approximate surface area is 524 Å². The third kappa shape index (κ3) is 11.6. The highest BCUT2D eigenvalue weighted by atomic mass is 127. The third-order valence-corrected chi connectivity index (χ3v) is 15.1. The number of nitrogens with zero attached hydrogens (tertiary/aromatic N) is 7. The Bertz CT molecular complexity index is 4820. The fraction of sp³-hybridized carbons (Fsp3) is 0.0725. The Morgan fingerprint density at radius 2 is 0.818 bits per heavy atom. The standard InChI is InChI=1S/C23H15FN2O2.C17H11BrN2O2.C17H12N2O2.C11H8N2O2.CH3I/c24-19-10-5-4-9-16(19)17-13-18-20(14-28-21-11-6-12-25-22(18)21)26(23(17)27)15-7-2-1-3-8-15;18-13-9-12-14(10-22-15-7-4-8-19-16(12)15)20(17(13)21)11-5-2-1-3-6-11;20-16-9-8-13-14(19(16)12-5-2-1-3-6-12)11-21-15-7-4-10-18-17(13)15;14-10-4-3-7-8(13-10)6-15-9-2-1-5-12-11(7)9;1-2/h1-13H,14H2;1-9H,10H2;1-10H,11H2;1-5H,6H2,(H,13,14);1H3. The molecule has 0 atom stereocenters. The first kappa shape index (κ1) is 58.0. The van der Waals surface area contributed by atoms with Crippen molar-refractivity contribution in [3.05, 3.63) is 299 Å². The number of ether oxygens (including phenoxy) is 4. The summed E-state index contributed by atoms with van der Waals surface area (Å²) in [6.07, 6.45) is 6.85. The van der Waals surface area contributed by atoms with Crippen molar-refractivity contribution in [2.75, 3.05) is 4.93 Å². The third-order valence-electron chi connectivity index (χ3n) is 14.5. The maximum absolute atomic E-state index is 14.5. The van der Waals surface area contributed by atoms with E-state index in [4.69, 9.17) is 18.9 Å². The molecule has 12 heterocycles. The van der Waals surface area contributed by atoms with Gasteiger partial charge in [0.15, 0.2) is 0 Å². The van der Waals surface area contributed by atoms with Crippen LogP contribution < -0.4 is 41.2 Å². The largest absolute Gasteiger partial charge is 0.485 e. The molecule has 16 nitrogen and oxygen atoms in total. The van der Waals surface area contributed by atoms with Gasteiger partial charge in [0.05, 0.1) is 32.8 Å². The Morgan fingerprint density at radius 3 is 1.33 bits per heavy atom. The van der Waals surface area contributed by atoms with Crippen molar-refractivity contribution < 1.29 is 23.3 Å². The van der Waals surface area contributed by atoms with Gasteiger partial charge in [-0.15, -0.1) is 0 Å². The number of benzene rings is 4. The van der Waals surface area contributed by atoms with Gasteiger partial charge in [-0.25, -0.2) is 4.39 Å². The number of aromatic nitrogens is 8. The first-order valence-electron chi connectivity index (χ1n) is 27.5. The van der Waals surface area contributed by atoms with Gasteiger partial charge in [-0.1, -0.05) is 95.4 Å². The van der Waals surface area contributed by atoms with Crippen LogP contribution in [0.3, 0.4) is 0 Å². The van der Waals surface area contributed by atoms with Crippen molar-refractivity contribution >= 4 is 38.5 Å². The molecule has 4 aliphatic heterocycles. The molecule has 0 radical (unpaired) electrons. The van der Waals surface area contributed by atoms with E-state index in [-0.39, 0.29) is 34.4 Å². The summed E-state index contributed by atoms with van der Waals surface area (Å²) >= 11 is 5.52. The highest BCUT2D eigenvalue weighted by Crippen LogP contribution is 2.40. The van der Waals surface area contributed by atoms with Crippen molar-refractivity contribution in [2.24, 2.45) is 0 Å². The van der Waals surface area contributed by atoms with Gasteiger partial charge >= 0.3 is 0 Å². The smallest absolute Gasteiger partial charge is 0.269 e. The number of nitrogens with one attached hydrogen (secondary N) is 1. The molecule has 4 aliphatic rings. The van der Waals surface area contributed by atoms with E-state index in [1.807, 2.05) is 151 Å². The van der Waals surface area contributed by atoms with Crippen LogP contribution in [0.15, 0.2) is 249 Å². The maximum atomic E-state index is 14.5. The van der Waals surface area contributed by atoms with Crippen LogP contribution in [0, 0.1) is 5.82 Å². The molecule has 0 saturated heterocycles. The number of para-hydroxylation sites is 3. The maximum Gasteiger partial charge on any atom is 0.269 e. The lowest BCUT2D eigenvalue weighted by atomic mass is 9.99. The molecule has 0 aliphatic carbocycles. The van der Waals surface area contributed by atoms with Gasteiger partial charge in [-0.2, -0.15) is 0 Å². The average molecular weight is 1340 g/mol. The van der Waals surface area contributed by atoms with E-state index in [0.29, 0.717) is 52.7 Å². The zero-order valence-corrected chi connectivity index (χ0v) is 50.5. The van der Waals surface area contributed by atoms with Gasteiger partial charge in [-0.05, 0) is 136 Å². The average Bonchev–Trinajstić information content (AvgIpc) is 1.13. The lowest BCUT2D eigenvalue weighted by molar-refractivity contribution is 0.292. The number of halogens is 3. The van der Waals surface area contributed by atoms with Crippen molar-refractivity contribution in [3.63, 3.8) is 0 Å². The number of H-pyrrole nitrogens is 1. The van der Waals surface area contributed by atoms with Gasteiger partial charge in [0.2, 0.25) is 5.56 Å². The summed E-state index contributed by atoms with van der Waals surface area (Å²) in [4.78, 5) is 71.6. The van der Waals surface area contributed by atoms with Crippen LogP contribution in [0.25, 0.3) is 73.2 Å². The molecule has 8 aromatic heterocycles. The summed E-state index contributed by atoms with van der Waals surface area (Å²) in [5, 5.41) is 0. The number of pyridine rings is 8. The lowest BCUT2D eigenvalue weighted by Crippen LogP contribution is -2.27. The Hall–Kier alpha value is -10.4. The SMILES string of the molecule is CI.O=c1c(-c2ccccc2F)cc2c(n1-c1ccccc1)COc1cccnc1-2.O=c1c(Br)cc2c(n1-c1ccccc1)COc1cccnc1-2.O=c1ccc2c([nH]1)COc1cccnc1-2.O=c1ccc2c(n1-c1ccccc1)COc1cccnc1-2. The lowest BCUT2D eigenvalue weighted by Gasteiger charge is -2.24. The van der Waals surface area contributed by atoms with Crippen LogP contribution in [-0.2, 0) is 26.4 Å². The van der Waals surface area contributed by atoms with Gasteiger partial charge in [0.1, 0.15) is 78.0 Å². The summed E-state index contributed by atoms with van der Waals surface area (Å²) in [5.74, 6) is 2.46. The highest BCUT2D eigenvalue weighted by Gasteiger charge is 2.28. The number of fused-ring (bicyclic) bond motifs is 12. The summed E-state index contributed by atoms with van der Waals surface area (Å²) in [6, 6.07) is 59.8. The minimum atomic E-state index is -0.438. The molecule has 88 heavy (non-hydrogen) atoms. The van der Waals surface area contributed by atoms with Gasteiger partial charge < -0.3 is 23.9 Å². The zero-order valence-electron chi connectivity index (χ0n) is 46.7. The van der Waals surface area contributed by atoms with Gasteiger partial charge in [-0.3, -0.25) is 52.8 Å². The Morgan fingerprint density at radius 1 is 0.409 bits per heavy atom. The molecular formula is C69H49BrFIN8O8. The zero-order chi connectivity index (χ0) is 60.7. The molecular weight excluding hydrogens is 1290 g/mol. The number of aromatic amines is 1. The van der Waals surface area contributed by atoms with Crippen LogP contribution in [0.5, 0.6) is 23.0 Å². The van der Waals surface area contributed by atoms with E-state index in [1.165, 1.54) is 12.1 Å². The summed E-state index contributed by atoms with van der Waals surface area (Å²) in [5.41, 5.74) is 12.0. The Balaban J connectivity index is 0.000000115. The quantitative estimate of drug-likeness (QED) is 0.130. The molecule has 1 N–H and O–H groups in total. The van der Waals surface area contributed by atoms with Crippen LogP contribution in [-0.4, -0.2) is 43.6 Å².